The number of allylic oxidation sites excluding steroid dienone is 4. The van der Waals surface area contributed by atoms with Crippen molar-refractivity contribution in [3.05, 3.63) is 48.1 Å². The predicted molar refractivity (Wildman–Crippen MR) is 61.7 cm³/mol. The molecule has 2 N–H and O–H groups in total. The molecule has 0 saturated carbocycles. The second-order valence-electron chi connectivity index (χ2n) is 3.62. The minimum absolute atomic E-state index is 0.00236. The minimum Gasteiger partial charge on any atom is -0.399 e. The number of anilines is 1. The Balaban J connectivity index is 2.31. The Morgan fingerprint density at radius 2 is 2.00 bits per heavy atom. The van der Waals surface area contributed by atoms with Gasteiger partial charge in [-0.1, -0.05) is 30.4 Å². The van der Waals surface area contributed by atoms with Gasteiger partial charge < -0.3 is 5.73 Å². The monoisotopic (exact) mass is 196 g/mol. The number of rotatable bonds is 1. The summed E-state index contributed by atoms with van der Waals surface area (Å²) < 4.78 is 0. The van der Waals surface area contributed by atoms with Crippen LogP contribution in [0, 0.1) is 17.2 Å². The average Bonchev–Trinajstić information content (AvgIpc) is 2.30. The third-order valence-electron chi connectivity index (χ3n) is 2.48. The molecule has 0 heterocycles. The quantitative estimate of drug-likeness (QED) is 0.702. The summed E-state index contributed by atoms with van der Waals surface area (Å²) in [7, 11) is 0. The van der Waals surface area contributed by atoms with Gasteiger partial charge in [-0.25, -0.2) is 0 Å². The molecule has 0 fully saturated rings. The van der Waals surface area contributed by atoms with Crippen LogP contribution < -0.4 is 5.73 Å². The van der Waals surface area contributed by atoms with Crippen LogP contribution in [0.5, 0.6) is 0 Å². The molecular weight excluding hydrogens is 184 g/mol. The summed E-state index contributed by atoms with van der Waals surface area (Å²) in [5, 5.41) is 8.85. The zero-order valence-electron chi connectivity index (χ0n) is 8.35. The van der Waals surface area contributed by atoms with E-state index in [0.29, 0.717) is 0 Å². The second-order valence-corrected chi connectivity index (χ2v) is 3.62. The molecule has 1 aromatic rings. The van der Waals surface area contributed by atoms with E-state index in [1.807, 2.05) is 36.4 Å². The van der Waals surface area contributed by atoms with Crippen molar-refractivity contribution in [3.63, 3.8) is 0 Å². The van der Waals surface area contributed by atoms with Gasteiger partial charge in [-0.3, -0.25) is 0 Å². The highest BCUT2D eigenvalue weighted by molar-refractivity contribution is 5.76. The molecule has 2 nitrogen and oxygen atoms in total. The number of nitrogens with zero attached hydrogens (tertiary/aromatic N) is 1. The lowest BCUT2D eigenvalue weighted by atomic mass is 9.93. The minimum atomic E-state index is 0.00236. The molecule has 0 radical (unpaired) electrons. The van der Waals surface area contributed by atoms with Crippen LogP contribution in [-0.4, -0.2) is 0 Å². The highest BCUT2D eigenvalue weighted by Crippen LogP contribution is 2.24. The zero-order chi connectivity index (χ0) is 10.7. The molecule has 1 aliphatic rings. The van der Waals surface area contributed by atoms with Crippen molar-refractivity contribution in [3.8, 4) is 6.07 Å². The second kappa shape index (κ2) is 4.02. The van der Waals surface area contributed by atoms with E-state index in [1.165, 1.54) is 0 Å². The molecule has 15 heavy (non-hydrogen) atoms. The van der Waals surface area contributed by atoms with Crippen molar-refractivity contribution >= 4 is 11.3 Å². The molecule has 0 aromatic heterocycles. The maximum Gasteiger partial charge on any atom is 0.0701 e. The van der Waals surface area contributed by atoms with Crippen molar-refractivity contribution in [1.82, 2.24) is 0 Å². The molecule has 0 amide bonds. The number of nitrogens with two attached hydrogens (primary N) is 1. The molecular formula is C13H12N2. The molecule has 2 rings (SSSR count). The van der Waals surface area contributed by atoms with Crippen LogP contribution >= 0.6 is 0 Å². The fourth-order valence-electron chi connectivity index (χ4n) is 1.64. The van der Waals surface area contributed by atoms with Crippen LogP contribution in [-0.2, 0) is 0 Å². The first-order chi connectivity index (χ1) is 7.29. The van der Waals surface area contributed by atoms with Gasteiger partial charge in [0.1, 0.15) is 0 Å². The summed E-state index contributed by atoms with van der Waals surface area (Å²) in [6.07, 6.45) is 6.92. The highest BCUT2D eigenvalue weighted by atomic mass is 14.5. The van der Waals surface area contributed by atoms with Crippen LogP contribution in [0.4, 0.5) is 5.69 Å². The lowest BCUT2D eigenvalue weighted by molar-refractivity contribution is 0.841. The highest BCUT2D eigenvalue weighted by Gasteiger charge is 2.08. The van der Waals surface area contributed by atoms with E-state index in [2.05, 4.69) is 12.1 Å². The van der Waals surface area contributed by atoms with Crippen LogP contribution in [0.1, 0.15) is 12.0 Å². The summed E-state index contributed by atoms with van der Waals surface area (Å²) in [4.78, 5) is 0. The van der Waals surface area contributed by atoms with Crippen molar-refractivity contribution < 1.29 is 0 Å². The van der Waals surface area contributed by atoms with E-state index in [1.54, 1.807) is 0 Å². The summed E-state index contributed by atoms with van der Waals surface area (Å²) >= 11 is 0. The molecule has 0 bridgehead atoms. The van der Waals surface area contributed by atoms with Crippen LogP contribution in [0.15, 0.2) is 42.5 Å². The van der Waals surface area contributed by atoms with Crippen molar-refractivity contribution in [2.45, 2.75) is 6.42 Å². The van der Waals surface area contributed by atoms with Gasteiger partial charge in [0.15, 0.2) is 0 Å². The topological polar surface area (TPSA) is 49.8 Å². The number of hydrogen-bond donors (Lipinski definition) is 1. The Hall–Kier alpha value is -2.01. The first kappa shape index (κ1) is 9.54. The SMILES string of the molecule is N#CC1C=C(c2ccc(N)cc2)C=CC1. The van der Waals surface area contributed by atoms with Gasteiger partial charge in [0.2, 0.25) is 0 Å². The maximum atomic E-state index is 8.85. The van der Waals surface area contributed by atoms with Gasteiger partial charge >= 0.3 is 0 Å². The fraction of sp³-hybridized carbons (Fsp3) is 0.154. The smallest absolute Gasteiger partial charge is 0.0701 e. The van der Waals surface area contributed by atoms with Crippen molar-refractivity contribution in [2.24, 2.45) is 5.92 Å². The van der Waals surface area contributed by atoms with Gasteiger partial charge in [0.05, 0.1) is 12.0 Å². The van der Waals surface area contributed by atoms with Gasteiger partial charge in [0, 0.05) is 5.69 Å². The lowest BCUT2D eigenvalue weighted by Gasteiger charge is -2.10. The molecule has 0 aliphatic heterocycles. The van der Waals surface area contributed by atoms with Crippen molar-refractivity contribution in [2.75, 3.05) is 5.73 Å². The van der Waals surface area contributed by atoms with E-state index in [-0.39, 0.29) is 5.92 Å². The molecule has 74 valence electrons. The number of nitrogen functional groups attached to an aromatic ring is 1. The Morgan fingerprint density at radius 3 is 2.67 bits per heavy atom. The third kappa shape index (κ3) is 2.08. The summed E-state index contributed by atoms with van der Waals surface area (Å²) in [6, 6.07) is 9.97. The Labute approximate surface area is 89.3 Å². The van der Waals surface area contributed by atoms with Crippen LogP contribution in [0.25, 0.3) is 5.57 Å². The molecule has 1 aliphatic carbocycles. The van der Waals surface area contributed by atoms with E-state index in [0.717, 1.165) is 23.2 Å². The standard InChI is InChI=1S/C13H12N2/c14-9-10-2-1-3-12(8-10)11-4-6-13(15)7-5-11/h1,3-8,10H,2,15H2. The Morgan fingerprint density at radius 1 is 1.27 bits per heavy atom. The van der Waals surface area contributed by atoms with Gasteiger partial charge in [0.25, 0.3) is 0 Å². The summed E-state index contributed by atoms with van der Waals surface area (Å²) in [5.74, 6) is 0.00236. The number of hydrogen-bond acceptors (Lipinski definition) is 2. The average molecular weight is 196 g/mol. The number of benzene rings is 1. The van der Waals surface area contributed by atoms with E-state index in [9.17, 15) is 0 Å². The van der Waals surface area contributed by atoms with Crippen molar-refractivity contribution in [1.29, 1.82) is 5.26 Å². The Bertz CT molecular complexity index is 446. The van der Waals surface area contributed by atoms with Crippen LogP contribution in [0.3, 0.4) is 0 Å². The van der Waals surface area contributed by atoms with E-state index < -0.39 is 0 Å². The van der Waals surface area contributed by atoms with Gasteiger partial charge in [-0.2, -0.15) is 5.26 Å². The molecule has 1 unspecified atom stereocenters. The molecule has 0 spiro atoms. The van der Waals surface area contributed by atoms with E-state index >= 15 is 0 Å². The number of nitriles is 1. The summed E-state index contributed by atoms with van der Waals surface area (Å²) in [5.41, 5.74) is 8.60. The van der Waals surface area contributed by atoms with Gasteiger partial charge in [-0.05, 0) is 29.7 Å². The molecule has 0 saturated heterocycles. The zero-order valence-corrected chi connectivity index (χ0v) is 8.35. The molecule has 1 aromatic carbocycles. The van der Waals surface area contributed by atoms with E-state index in [4.69, 9.17) is 11.0 Å². The van der Waals surface area contributed by atoms with Gasteiger partial charge in [-0.15, -0.1) is 0 Å². The normalized spacial score (nSPS) is 19.4. The maximum absolute atomic E-state index is 8.85. The fourth-order valence-corrected chi connectivity index (χ4v) is 1.64. The lowest BCUT2D eigenvalue weighted by Crippen LogP contribution is -1.97. The largest absolute Gasteiger partial charge is 0.399 e. The Kier molecular flexibility index (Phi) is 2.55. The summed E-state index contributed by atoms with van der Waals surface area (Å²) in [6.45, 7) is 0. The predicted octanol–water partition coefficient (Wildman–Crippen LogP) is 2.75. The first-order valence-electron chi connectivity index (χ1n) is 4.93. The first-order valence-corrected chi connectivity index (χ1v) is 4.93. The molecule has 1 atom stereocenters. The molecule has 2 heteroatoms. The third-order valence-corrected chi connectivity index (χ3v) is 2.48. The van der Waals surface area contributed by atoms with Crippen LogP contribution in [0.2, 0.25) is 0 Å².